The summed E-state index contributed by atoms with van der Waals surface area (Å²) in [6.45, 7) is 0. The van der Waals surface area contributed by atoms with E-state index in [1.54, 1.807) is 7.11 Å². The predicted octanol–water partition coefficient (Wildman–Crippen LogP) is 2.52. The molecule has 0 aliphatic carbocycles. The van der Waals surface area contributed by atoms with E-state index in [9.17, 15) is 4.79 Å². The molecule has 2 heterocycles. The van der Waals surface area contributed by atoms with E-state index in [2.05, 4.69) is 10.3 Å². The second-order valence-corrected chi connectivity index (χ2v) is 4.05. The second-order valence-electron chi connectivity index (χ2n) is 4.05. The normalized spacial score (nSPS) is 15.6. The number of H-pyrrole nitrogens is 1. The van der Waals surface area contributed by atoms with Crippen LogP contribution in [0.2, 0.25) is 0 Å². The number of carbonyl (C=O) groups excluding carboxylic acids is 1. The second kappa shape index (κ2) is 4.07. The van der Waals surface area contributed by atoms with Crippen molar-refractivity contribution in [3.05, 3.63) is 47.8 Å². The third-order valence-corrected chi connectivity index (χ3v) is 2.93. The maximum atomic E-state index is 11.9. The van der Waals surface area contributed by atoms with Crippen molar-refractivity contribution >= 4 is 23.2 Å². The standard InChI is InChI=1S/C14H12N2O2/c1-18-10-4-5-11-12(7-9-3-2-6-15-9)14(17)16-13(11)8-10/h2-8,15H,1H3,(H,16,17). The molecule has 0 radical (unpaired) electrons. The highest BCUT2D eigenvalue weighted by Gasteiger charge is 2.24. The highest BCUT2D eigenvalue weighted by molar-refractivity contribution is 6.34. The highest BCUT2D eigenvalue weighted by atomic mass is 16.5. The maximum Gasteiger partial charge on any atom is 0.256 e. The number of hydrogen-bond donors (Lipinski definition) is 2. The van der Waals surface area contributed by atoms with Crippen molar-refractivity contribution in [3.63, 3.8) is 0 Å². The Morgan fingerprint density at radius 1 is 1.28 bits per heavy atom. The summed E-state index contributed by atoms with van der Waals surface area (Å²) < 4.78 is 5.14. The van der Waals surface area contributed by atoms with Crippen molar-refractivity contribution in [3.8, 4) is 5.75 Å². The van der Waals surface area contributed by atoms with Crippen molar-refractivity contribution < 1.29 is 9.53 Å². The van der Waals surface area contributed by atoms with Crippen molar-refractivity contribution in [1.29, 1.82) is 0 Å². The van der Waals surface area contributed by atoms with Gasteiger partial charge in [-0.15, -0.1) is 0 Å². The van der Waals surface area contributed by atoms with E-state index in [-0.39, 0.29) is 5.91 Å². The smallest absolute Gasteiger partial charge is 0.256 e. The van der Waals surface area contributed by atoms with Crippen molar-refractivity contribution in [2.24, 2.45) is 0 Å². The lowest BCUT2D eigenvalue weighted by molar-refractivity contribution is -0.110. The van der Waals surface area contributed by atoms with Gasteiger partial charge in [0.2, 0.25) is 0 Å². The first kappa shape index (κ1) is 10.7. The minimum absolute atomic E-state index is 0.0900. The summed E-state index contributed by atoms with van der Waals surface area (Å²) in [5.41, 5.74) is 3.26. The van der Waals surface area contributed by atoms with Crippen LogP contribution in [0.4, 0.5) is 5.69 Å². The molecule has 1 aliphatic heterocycles. The zero-order chi connectivity index (χ0) is 12.5. The zero-order valence-electron chi connectivity index (χ0n) is 9.86. The van der Waals surface area contributed by atoms with Gasteiger partial charge in [-0.05, 0) is 30.3 Å². The van der Waals surface area contributed by atoms with Crippen LogP contribution in [0, 0.1) is 0 Å². The third kappa shape index (κ3) is 1.68. The minimum Gasteiger partial charge on any atom is -0.497 e. The van der Waals surface area contributed by atoms with Crippen molar-refractivity contribution in [2.75, 3.05) is 12.4 Å². The average molecular weight is 240 g/mol. The molecule has 1 aromatic heterocycles. The number of anilines is 1. The first-order valence-electron chi connectivity index (χ1n) is 5.63. The number of aromatic nitrogens is 1. The molecule has 4 nitrogen and oxygen atoms in total. The largest absolute Gasteiger partial charge is 0.497 e. The Labute approximate surface area is 104 Å². The number of rotatable bonds is 2. The molecule has 1 amide bonds. The summed E-state index contributed by atoms with van der Waals surface area (Å²) >= 11 is 0. The van der Waals surface area contributed by atoms with E-state index in [0.717, 1.165) is 22.7 Å². The van der Waals surface area contributed by atoms with E-state index in [0.29, 0.717) is 5.57 Å². The quantitative estimate of drug-likeness (QED) is 0.792. The molecule has 2 aromatic rings. The van der Waals surface area contributed by atoms with E-state index in [4.69, 9.17) is 4.74 Å². The molecule has 0 saturated heterocycles. The SMILES string of the molecule is COc1ccc2c(c1)NC(=O)C2=Cc1ccc[nH]1. The van der Waals surface area contributed by atoms with Crippen LogP contribution in [0.3, 0.4) is 0 Å². The van der Waals surface area contributed by atoms with Crippen LogP contribution in [0.15, 0.2) is 36.5 Å². The number of nitrogens with one attached hydrogen (secondary N) is 2. The molecule has 1 aliphatic rings. The topological polar surface area (TPSA) is 54.1 Å². The molecule has 3 rings (SSSR count). The monoisotopic (exact) mass is 240 g/mol. The molecule has 90 valence electrons. The Kier molecular flexibility index (Phi) is 2.41. The van der Waals surface area contributed by atoms with Gasteiger partial charge in [-0.2, -0.15) is 0 Å². The predicted molar refractivity (Wildman–Crippen MR) is 70.3 cm³/mol. The Morgan fingerprint density at radius 2 is 2.17 bits per heavy atom. The lowest BCUT2D eigenvalue weighted by Crippen LogP contribution is -2.03. The highest BCUT2D eigenvalue weighted by Crippen LogP contribution is 2.35. The van der Waals surface area contributed by atoms with Gasteiger partial charge in [-0.1, -0.05) is 0 Å². The van der Waals surface area contributed by atoms with E-state index >= 15 is 0 Å². The zero-order valence-corrected chi connectivity index (χ0v) is 9.86. The molecular formula is C14H12N2O2. The van der Waals surface area contributed by atoms with Gasteiger partial charge < -0.3 is 15.0 Å². The molecular weight excluding hydrogens is 228 g/mol. The summed E-state index contributed by atoms with van der Waals surface area (Å²) in [5, 5.41) is 2.83. The van der Waals surface area contributed by atoms with Gasteiger partial charge in [-0.25, -0.2) is 0 Å². The van der Waals surface area contributed by atoms with Gasteiger partial charge in [-0.3, -0.25) is 4.79 Å². The number of aromatic amines is 1. The fraction of sp³-hybridized carbons (Fsp3) is 0.0714. The summed E-state index contributed by atoms with van der Waals surface area (Å²) in [6.07, 6.45) is 3.67. The van der Waals surface area contributed by atoms with E-state index in [1.165, 1.54) is 0 Å². The van der Waals surface area contributed by atoms with Gasteiger partial charge in [0, 0.05) is 23.5 Å². The van der Waals surface area contributed by atoms with Gasteiger partial charge in [0.1, 0.15) is 5.75 Å². The molecule has 4 heteroatoms. The summed E-state index contributed by atoms with van der Waals surface area (Å²) in [5.74, 6) is 0.642. The molecule has 1 aromatic carbocycles. The third-order valence-electron chi connectivity index (χ3n) is 2.93. The van der Waals surface area contributed by atoms with Gasteiger partial charge in [0.25, 0.3) is 5.91 Å². The molecule has 0 fully saturated rings. The fourth-order valence-corrected chi connectivity index (χ4v) is 2.03. The molecule has 0 spiro atoms. The van der Waals surface area contributed by atoms with Crippen molar-refractivity contribution in [1.82, 2.24) is 4.98 Å². The molecule has 0 bridgehead atoms. The van der Waals surface area contributed by atoms with Crippen LogP contribution in [0.1, 0.15) is 11.3 Å². The Morgan fingerprint density at radius 3 is 2.89 bits per heavy atom. The van der Waals surface area contributed by atoms with E-state index in [1.807, 2.05) is 42.6 Å². The molecule has 18 heavy (non-hydrogen) atoms. The molecule has 0 atom stereocenters. The van der Waals surface area contributed by atoms with Crippen LogP contribution in [0.25, 0.3) is 11.6 Å². The van der Waals surface area contributed by atoms with Gasteiger partial charge >= 0.3 is 0 Å². The number of fused-ring (bicyclic) bond motifs is 1. The van der Waals surface area contributed by atoms with Crippen molar-refractivity contribution in [2.45, 2.75) is 0 Å². The first-order valence-corrected chi connectivity index (χ1v) is 5.63. The Balaban J connectivity index is 2.07. The molecule has 0 unspecified atom stereocenters. The Hall–Kier alpha value is -2.49. The number of methoxy groups -OCH3 is 1. The summed E-state index contributed by atoms with van der Waals surface area (Å²) in [6, 6.07) is 9.38. The number of hydrogen-bond acceptors (Lipinski definition) is 2. The van der Waals surface area contributed by atoms with Gasteiger partial charge in [0.15, 0.2) is 0 Å². The lowest BCUT2D eigenvalue weighted by atomic mass is 10.1. The minimum atomic E-state index is -0.0900. The van der Waals surface area contributed by atoms with Crippen LogP contribution in [-0.2, 0) is 4.79 Å². The van der Waals surface area contributed by atoms with Crippen LogP contribution in [0.5, 0.6) is 5.75 Å². The number of carbonyl (C=O) groups is 1. The van der Waals surface area contributed by atoms with Crippen LogP contribution < -0.4 is 10.1 Å². The number of amides is 1. The summed E-state index contributed by atoms with van der Waals surface area (Å²) in [4.78, 5) is 15.0. The molecule has 0 saturated carbocycles. The Bertz CT molecular complexity index is 627. The fourth-order valence-electron chi connectivity index (χ4n) is 2.03. The lowest BCUT2D eigenvalue weighted by Gasteiger charge is -2.02. The van der Waals surface area contributed by atoms with E-state index < -0.39 is 0 Å². The van der Waals surface area contributed by atoms with Crippen LogP contribution in [-0.4, -0.2) is 18.0 Å². The van der Waals surface area contributed by atoms with Gasteiger partial charge in [0.05, 0.1) is 18.4 Å². The maximum absolute atomic E-state index is 11.9. The van der Waals surface area contributed by atoms with Crippen LogP contribution >= 0.6 is 0 Å². The molecule has 2 N–H and O–H groups in total. The number of benzene rings is 1. The first-order chi connectivity index (χ1) is 8.78. The number of ether oxygens (including phenoxy) is 1. The average Bonchev–Trinajstić information content (AvgIpc) is 2.98. The summed E-state index contributed by atoms with van der Waals surface area (Å²) in [7, 11) is 1.61.